The second-order valence-corrected chi connectivity index (χ2v) is 14.5. The molecule has 1 atom stereocenters. The first-order valence-corrected chi connectivity index (χ1v) is 15.6. The zero-order valence-corrected chi connectivity index (χ0v) is 26.8. The third-order valence-corrected chi connectivity index (χ3v) is 9.72. The molecular formula is C36H38N2O5P+. The van der Waals surface area contributed by atoms with E-state index in [4.69, 9.17) is 4.74 Å². The van der Waals surface area contributed by atoms with Crippen molar-refractivity contribution in [1.29, 1.82) is 0 Å². The van der Waals surface area contributed by atoms with Crippen LogP contribution in [0.15, 0.2) is 102 Å². The highest BCUT2D eigenvalue weighted by molar-refractivity contribution is 7.54. The molecule has 4 aromatic rings. The molecule has 7 nitrogen and oxygen atoms in total. The molecule has 2 N–H and O–H groups in total. The number of amides is 1. The average molecular weight is 610 g/mol. The van der Waals surface area contributed by atoms with Gasteiger partial charge in [-0.2, -0.15) is 4.99 Å². The fraction of sp³-hybridized carbons (Fsp3) is 0.278. The van der Waals surface area contributed by atoms with E-state index in [1.165, 1.54) is 0 Å². The summed E-state index contributed by atoms with van der Waals surface area (Å²) in [7, 11) is -2.05. The lowest BCUT2D eigenvalue weighted by atomic mass is 9.93. The summed E-state index contributed by atoms with van der Waals surface area (Å²) in [6.07, 6.45) is 1.64. The highest BCUT2D eigenvalue weighted by Crippen LogP contribution is 2.48. The molecule has 0 spiro atoms. The number of hydrogen-bond acceptors (Lipinski definition) is 6. The van der Waals surface area contributed by atoms with Crippen molar-refractivity contribution in [3.63, 3.8) is 0 Å². The van der Waals surface area contributed by atoms with Crippen molar-refractivity contribution in [2.75, 3.05) is 5.32 Å². The maximum atomic E-state index is 14.0. The third kappa shape index (κ3) is 7.75. The van der Waals surface area contributed by atoms with Crippen molar-refractivity contribution < 1.29 is 24.0 Å². The van der Waals surface area contributed by atoms with Gasteiger partial charge < -0.3 is 9.84 Å². The van der Waals surface area contributed by atoms with Gasteiger partial charge in [0.1, 0.15) is 5.75 Å². The van der Waals surface area contributed by atoms with Crippen LogP contribution in [-0.4, -0.2) is 17.3 Å². The number of carbonyl (C=O) groups is 1. The van der Waals surface area contributed by atoms with E-state index < -0.39 is 30.2 Å². The number of isocyanates is 1. The monoisotopic (exact) mass is 609 g/mol. The Morgan fingerprint density at radius 1 is 0.841 bits per heavy atom. The van der Waals surface area contributed by atoms with Gasteiger partial charge >= 0.3 is 13.9 Å². The minimum absolute atomic E-state index is 0.222. The van der Waals surface area contributed by atoms with Gasteiger partial charge in [0.2, 0.25) is 11.4 Å². The molecule has 1 unspecified atom stereocenters. The van der Waals surface area contributed by atoms with E-state index >= 15 is 0 Å². The van der Waals surface area contributed by atoms with Crippen molar-refractivity contribution >= 4 is 31.0 Å². The van der Waals surface area contributed by atoms with E-state index in [1.54, 1.807) is 50.3 Å². The van der Waals surface area contributed by atoms with Crippen LogP contribution in [-0.2, 0) is 32.1 Å². The quantitative estimate of drug-likeness (QED) is 0.107. The van der Waals surface area contributed by atoms with E-state index in [1.807, 2.05) is 94.4 Å². The number of aliphatic hydroxyl groups is 1. The van der Waals surface area contributed by atoms with E-state index in [0.29, 0.717) is 23.0 Å². The fourth-order valence-corrected chi connectivity index (χ4v) is 6.72. The van der Waals surface area contributed by atoms with Gasteiger partial charge in [0.05, 0.1) is 11.1 Å². The smallest absolute Gasteiger partial charge is 0.410 e. The highest BCUT2D eigenvalue weighted by Gasteiger charge is 2.46. The van der Waals surface area contributed by atoms with E-state index in [2.05, 4.69) is 10.3 Å². The van der Waals surface area contributed by atoms with Crippen LogP contribution in [0.2, 0.25) is 0 Å². The number of nitrogens with zero attached hydrogens (tertiary/aromatic N) is 1. The molecule has 4 aromatic carbocycles. The minimum atomic E-state index is -2.05. The lowest BCUT2D eigenvalue weighted by molar-refractivity contribution is 0.0796. The molecule has 0 saturated carbocycles. The molecule has 1 amide bonds. The first-order chi connectivity index (χ1) is 20.7. The van der Waals surface area contributed by atoms with Crippen LogP contribution in [0.5, 0.6) is 5.75 Å². The molecule has 0 heterocycles. The van der Waals surface area contributed by atoms with Crippen LogP contribution in [0.25, 0.3) is 0 Å². The molecule has 0 fully saturated rings. The molecule has 0 aliphatic carbocycles. The molecular weight excluding hydrogens is 571 g/mol. The highest BCUT2D eigenvalue weighted by atomic mass is 31.1. The molecule has 0 saturated heterocycles. The number of hydrogen-bond donors (Lipinski definition) is 2. The predicted octanol–water partition coefficient (Wildman–Crippen LogP) is 8.07. The van der Waals surface area contributed by atoms with E-state index in [9.17, 15) is 19.3 Å². The first kappa shape index (κ1) is 32.5. The summed E-state index contributed by atoms with van der Waals surface area (Å²) >= 11 is 0. The van der Waals surface area contributed by atoms with Crippen molar-refractivity contribution in [1.82, 2.24) is 0 Å². The summed E-state index contributed by atoms with van der Waals surface area (Å²) < 4.78 is 19.6. The Morgan fingerprint density at radius 2 is 1.43 bits per heavy atom. The Bertz CT molecular complexity index is 1680. The topological polar surface area (TPSA) is 105 Å². The lowest BCUT2D eigenvalue weighted by Crippen LogP contribution is -2.27. The lowest BCUT2D eigenvalue weighted by Gasteiger charge is -2.21. The van der Waals surface area contributed by atoms with Crippen molar-refractivity contribution in [2.24, 2.45) is 4.99 Å². The summed E-state index contributed by atoms with van der Waals surface area (Å²) in [6.45, 7) is 10.8. The van der Waals surface area contributed by atoms with Crippen LogP contribution < -0.4 is 15.4 Å². The zero-order valence-electron chi connectivity index (χ0n) is 25.9. The summed E-state index contributed by atoms with van der Waals surface area (Å²) in [5.74, 6) is 0.222. The normalized spacial score (nSPS) is 12.2. The summed E-state index contributed by atoms with van der Waals surface area (Å²) in [5.41, 5.74) is 3.18. The number of anilines is 1. The van der Waals surface area contributed by atoms with E-state index in [0.717, 1.165) is 22.3 Å². The molecule has 0 bridgehead atoms. The van der Waals surface area contributed by atoms with Crippen LogP contribution in [0.3, 0.4) is 0 Å². The number of ether oxygens (including phenoxy) is 1. The maximum absolute atomic E-state index is 14.0. The number of benzene rings is 4. The second kappa shape index (κ2) is 13.1. The fourth-order valence-electron chi connectivity index (χ4n) is 4.93. The van der Waals surface area contributed by atoms with Crippen LogP contribution in [0, 0.1) is 0 Å². The molecule has 44 heavy (non-hydrogen) atoms. The Morgan fingerprint density at radius 3 is 2.00 bits per heavy atom. The average Bonchev–Trinajstić information content (AvgIpc) is 2.98. The predicted molar refractivity (Wildman–Crippen MR) is 175 cm³/mol. The number of nitrogens with one attached hydrogen (secondary N) is 1. The summed E-state index contributed by atoms with van der Waals surface area (Å²) in [4.78, 5) is 27.4. The van der Waals surface area contributed by atoms with Crippen molar-refractivity contribution in [3.05, 3.63) is 125 Å². The van der Waals surface area contributed by atoms with Gasteiger partial charge in [-0.15, -0.1) is 0 Å². The Kier molecular flexibility index (Phi) is 9.66. The van der Waals surface area contributed by atoms with Crippen molar-refractivity contribution in [3.8, 4) is 5.75 Å². The molecule has 0 aromatic heterocycles. The Labute approximate surface area is 259 Å². The van der Waals surface area contributed by atoms with Crippen LogP contribution in [0.4, 0.5) is 10.5 Å². The maximum Gasteiger partial charge on any atom is 0.417 e. The van der Waals surface area contributed by atoms with Crippen LogP contribution >= 0.6 is 7.80 Å². The molecule has 4 rings (SSSR count). The molecule has 8 heteroatoms. The summed E-state index contributed by atoms with van der Waals surface area (Å²) in [6, 6.07) is 29.8. The number of carbonyl (C=O) groups excluding carboxylic acids is 2. The Hall–Kier alpha value is -4.41. The Balaban J connectivity index is 1.45. The first-order valence-electron chi connectivity index (χ1n) is 14.4. The largest absolute Gasteiger partial charge is 0.417 e. The van der Waals surface area contributed by atoms with Gasteiger partial charge in [0.25, 0.3) is 0 Å². The van der Waals surface area contributed by atoms with Crippen LogP contribution in [0.1, 0.15) is 69.4 Å². The van der Waals surface area contributed by atoms with Gasteiger partial charge in [-0.3, -0.25) is 5.32 Å². The van der Waals surface area contributed by atoms with Gasteiger partial charge in [0.15, 0.2) is 5.16 Å². The van der Waals surface area contributed by atoms with Gasteiger partial charge in [-0.05, 0) is 88.9 Å². The van der Waals surface area contributed by atoms with Crippen molar-refractivity contribution in [2.45, 2.75) is 64.3 Å². The van der Waals surface area contributed by atoms with Gasteiger partial charge in [-0.1, -0.05) is 71.3 Å². The molecule has 0 radical (unpaired) electrons. The minimum Gasteiger partial charge on any atom is -0.410 e. The zero-order chi connectivity index (χ0) is 32.1. The SMILES string of the molecule is CC(C)(O)c1ccc(OC(=O)Nc2ccc(Cc3ccc(C(C)(C)N=C=O)cc3)cc2)cc1[P+](=O)C(C)(C)c1ccccc1. The second-order valence-electron chi connectivity index (χ2n) is 12.3. The third-order valence-electron chi connectivity index (χ3n) is 7.64. The van der Waals surface area contributed by atoms with E-state index in [-0.39, 0.29) is 5.75 Å². The number of rotatable bonds is 10. The van der Waals surface area contributed by atoms with Gasteiger partial charge in [-0.25, -0.2) is 9.59 Å². The molecule has 0 aliphatic rings. The van der Waals surface area contributed by atoms with Gasteiger partial charge in [0, 0.05) is 22.9 Å². The summed E-state index contributed by atoms with van der Waals surface area (Å²) in [5, 5.41) is 13.3. The molecule has 226 valence electrons. The number of aliphatic imine (C=N–C) groups is 1. The standard InChI is InChI=1S/C36H37N2O5P/c1-34(2,37-24-39)27-16-12-25(13-17-27)22-26-14-18-29(19-15-26)38-33(40)43-30-20-21-31(35(3,4)41)32(23-30)44(42)36(5,6)28-10-8-7-9-11-28/h7-21,23,41H,22H2,1-6H3/p+1. The molecule has 0 aliphatic heterocycles.